The van der Waals surface area contributed by atoms with Crippen LogP contribution in [0.5, 0.6) is 0 Å². The molecule has 2 unspecified atom stereocenters. The maximum atomic E-state index is 5.69. The Morgan fingerprint density at radius 2 is 2.35 bits per heavy atom. The fraction of sp³-hybridized carbons (Fsp3) is 0.462. The number of aromatic nitrogens is 1. The Balaban J connectivity index is 1.75. The summed E-state index contributed by atoms with van der Waals surface area (Å²) in [5.74, 6) is 0. The van der Waals surface area contributed by atoms with E-state index in [9.17, 15) is 0 Å². The molecule has 0 radical (unpaired) electrons. The molecule has 1 aliphatic heterocycles. The molecule has 0 bridgehead atoms. The highest BCUT2D eigenvalue weighted by Crippen LogP contribution is 2.28. The fourth-order valence-corrected chi connectivity index (χ4v) is 4.16. The first-order valence-electron chi connectivity index (χ1n) is 5.93. The van der Waals surface area contributed by atoms with E-state index >= 15 is 0 Å². The van der Waals surface area contributed by atoms with Crippen LogP contribution < -0.4 is 0 Å². The van der Waals surface area contributed by atoms with Crippen molar-refractivity contribution in [3.8, 4) is 0 Å². The number of hydrogen-bond acceptors (Lipinski definition) is 3. The van der Waals surface area contributed by atoms with E-state index in [4.69, 9.17) is 4.74 Å². The summed E-state index contributed by atoms with van der Waals surface area (Å²) in [5.41, 5.74) is 1.11. The molecule has 4 heteroatoms. The van der Waals surface area contributed by atoms with Gasteiger partial charge in [0.15, 0.2) is 0 Å². The van der Waals surface area contributed by atoms with Crippen molar-refractivity contribution >= 4 is 37.5 Å². The van der Waals surface area contributed by atoms with Crippen molar-refractivity contribution in [1.82, 2.24) is 4.98 Å². The molecule has 2 atom stereocenters. The van der Waals surface area contributed by atoms with Gasteiger partial charge in [0, 0.05) is 17.9 Å². The standard InChI is InChI=1S/C13H14BrNOS/c14-9(11-5-3-7-16-11)8-13-15-10-4-1-2-6-12(10)17-13/h1-2,4,6,9,11H,3,5,7-8H2. The second-order valence-electron chi connectivity index (χ2n) is 4.35. The van der Waals surface area contributed by atoms with Crippen molar-refractivity contribution in [3.05, 3.63) is 29.3 Å². The van der Waals surface area contributed by atoms with Crippen LogP contribution in [0.3, 0.4) is 0 Å². The van der Waals surface area contributed by atoms with Crippen molar-refractivity contribution in [2.24, 2.45) is 0 Å². The van der Waals surface area contributed by atoms with E-state index in [0.717, 1.165) is 18.5 Å². The van der Waals surface area contributed by atoms with Gasteiger partial charge in [0.05, 0.1) is 21.3 Å². The second-order valence-corrected chi connectivity index (χ2v) is 6.64. The van der Waals surface area contributed by atoms with Crippen molar-refractivity contribution in [1.29, 1.82) is 0 Å². The summed E-state index contributed by atoms with van der Waals surface area (Å²) in [6.45, 7) is 0.909. The number of ether oxygens (including phenoxy) is 1. The predicted molar refractivity (Wildman–Crippen MR) is 75.0 cm³/mol. The Kier molecular flexibility index (Phi) is 3.45. The molecule has 1 saturated heterocycles. The summed E-state index contributed by atoms with van der Waals surface area (Å²) >= 11 is 5.53. The number of para-hydroxylation sites is 1. The lowest BCUT2D eigenvalue weighted by Crippen LogP contribution is -2.21. The molecule has 1 aromatic carbocycles. The average Bonchev–Trinajstić information content (AvgIpc) is 2.97. The fourth-order valence-electron chi connectivity index (χ4n) is 2.19. The molecule has 1 fully saturated rings. The van der Waals surface area contributed by atoms with Gasteiger partial charge in [-0.25, -0.2) is 4.98 Å². The van der Waals surface area contributed by atoms with Gasteiger partial charge in [0.2, 0.25) is 0 Å². The highest BCUT2D eigenvalue weighted by Gasteiger charge is 2.24. The van der Waals surface area contributed by atoms with Crippen LogP contribution >= 0.6 is 27.3 Å². The van der Waals surface area contributed by atoms with E-state index in [1.54, 1.807) is 11.3 Å². The minimum absolute atomic E-state index is 0.363. The minimum atomic E-state index is 0.363. The van der Waals surface area contributed by atoms with Crippen molar-refractivity contribution in [2.45, 2.75) is 30.2 Å². The number of fused-ring (bicyclic) bond motifs is 1. The monoisotopic (exact) mass is 311 g/mol. The minimum Gasteiger partial charge on any atom is -0.377 e. The molecular formula is C13H14BrNOS. The highest BCUT2D eigenvalue weighted by molar-refractivity contribution is 9.09. The maximum Gasteiger partial charge on any atom is 0.0950 e. The Bertz CT molecular complexity index is 474. The molecule has 1 aliphatic rings. The smallest absolute Gasteiger partial charge is 0.0950 e. The topological polar surface area (TPSA) is 22.1 Å². The van der Waals surface area contributed by atoms with Gasteiger partial charge in [0.25, 0.3) is 0 Å². The van der Waals surface area contributed by atoms with Crippen LogP contribution in [0.2, 0.25) is 0 Å². The molecule has 2 heterocycles. The Labute approximate surface area is 113 Å². The zero-order chi connectivity index (χ0) is 11.7. The first-order chi connectivity index (χ1) is 8.33. The zero-order valence-corrected chi connectivity index (χ0v) is 11.8. The van der Waals surface area contributed by atoms with Gasteiger partial charge in [-0.2, -0.15) is 0 Å². The van der Waals surface area contributed by atoms with Gasteiger partial charge in [-0.1, -0.05) is 28.1 Å². The summed E-state index contributed by atoms with van der Waals surface area (Å²) in [6, 6.07) is 8.31. The van der Waals surface area contributed by atoms with Crippen LogP contribution in [-0.2, 0) is 11.2 Å². The maximum absolute atomic E-state index is 5.69. The molecule has 2 nitrogen and oxygen atoms in total. The summed E-state index contributed by atoms with van der Waals surface area (Å²) in [5, 5.41) is 1.20. The Hall–Kier alpha value is -0.450. The van der Waals surface area contributed by atoms with Gasteiger partial charge in [-0.05, 0) is 25.0 Å². The number of thiazole rings is 1. The summed E-state index contributed by atoms with van der Waals surface area (Å²) in [4.78, 5) is 5.05. The third kappa shape index (κ3) is 2.54. The molecule has 2 aromatic rings. The number of nitrogens with zero attached hydrogens (tertiary/aromatic N) is 1. The third-order valence-corrected chi connectivity index (χ3v) is 5.05. The molecule has 0 spiro atoms. The van der Waals surface area contributed by atoms with E-state index in [-0.39, 0.29) is 0 Å². The lowest BCUT2D eigenvalue weighted by Gasteiger charge is -2.15. The van der Waals surface area contributed by atoms with Crippen LogP contribution in [0.1, 0.15) is 17.8 Å². The molecule has 0 amide bonds. The molecule has 3 rings (SSSR count). The zero-order valence-electron chi connectivity index (χ0n) is 9.43. The van der Waals surface area contributed by atoms with Crippen LogP contribution in [0.25, 0.3) is 10.2 Å². The van der Waals surface area contributed by atoms with Gasteiger partial charge in [-0.15, -0.1) is 11.3 Å². The normalized spacial score (nSPS) is 22.1. The number of alkyl halides is 1. The van der Waals surface area contributed by atoms with Crippen LogP contribution in [0.4, 0.5) is 0 Å². The summed E-state index contributed by atoms with van der Waals surface area (Å²) < 4.78 is 6.96. The SMILES string of the molecule is BrC(Cc1nc2ccccc2s1)C1CCCO1. The molecular weight excluding hydrogens is 298 g/mol. The lowest BCUT2D eigenvalue weighted by atomic mass is 10.1. The second kappa shape index (κ2) is 5.04. The Morgan fingerprint density at radius 1 is 1.47 bits per heavy atom. The van der Waals surface area contributed by atoms with Crippen LogP contribution in [0.15, 0.2) is 24.3 Å². The van der Waals surface area contributed by atoms with Gasteiger partial charge < -0.3 is 4.74 Å². The molecule has 90 valence electrons. The van der Waals surface area contributed by atoms with Gasteiger partial charge in [0.1, 0.15) is 0 Å². The molecule has 0 N–H and O–H groups in total. The third-order valence-electron chi connectivity index (χ3n) is 3.08. The number of hydrogen-bond donors (Lipinski definition) is 0. The van der Waals surface area contributed by atoms with Crippen molar-refractivity contribution in [3.63, 3.8) is 0 Å². The number of benzene rings is 1. The number of halogens is 1. The Morgan fingerprint density at radius 3 is 3.12 bits per heavy atom. The molecule has 0 aliphatic carbocycles. The quantitative estimate of drug-likeness (QED) is 0.805. The lowest BCUT2D eigenvalue weighted by molar-refractivity contribution is 0.110. The number of rotatable bonds is 3. The van der Waals surface area contributed by atoms with E-state index in [1.165, 1.54) is 22.5 Å². The summed E-state index contributed by atoms with van der Waals surface area (Å²) in [7, 11) is 0. The van der Waals surface area contributed by atoms with Crippen LogP contribution in [-0.4, -0.2) is 22.5 Å². The largest absolute Gasteiger partial charge is 0.377 e. The molecule has 17 heavy (non-hydrogen) atoms. The van der Waals surface area contributed by atoms with Gasteiger partial charge in [-0.3, -0.25) is 0 Å². The van der Waals surface area contributed by atoms with Crippen molar-refractivity contribution < 1.29 is 4.74 Å². The average molecular weight is 312 g/mol. The van der Waals surface area contributed by atoms with E-state index < -0.39 is 0 Å². The molecule has 1 aromatic heterocycles. The van der Waals surface area contributed by atoms with Crippen LogP contribution in [0, 0.1) is 0 Å². The predicted octanol–water partition coefficient (Wildman–Crippen LogP) is 3.78. The first kappa shape index (κ1) is 11.6. The first-order valence-corrected chi connectivity index (χ1v) is 7.66. The summed E-state index contributed by atoms with van der Waals surface area (Å²) in [6.07, 6.45) is 3.68. The molecule has 0 saturated carbocycles. The van der Waals surface area contributed by atoms with Crippen molar-refractivity contribution in [2.75, 3.05) is 6.61 Å². The van der Waals surface area contributed by atoms with E-state index in [2.05, 4.69) is 39.1 Å². The van der Waals surface area contributed by atoms with E-state index in [1.807, 2.05) is 6.07 Å². The highest BCUT2D eigenvalue weighted by atomic mass is 79.9. The van der Waals surface area contributed by atoms with Gasteiger partial charge >= 0.3 is 0 Å². The van der Waals surface area contributed by atoms with E-state index in [0.29, 0.717) is 10.9 Å².